The second kappa shape index (κ2) is 3.81. The van der Waals surface area contributed by atoms with Crippen molar-refractivity contribution in [2.24, 2.45) is 0 Å². The van der Waals surface area contributed by atoms with Gasteiger partial charge in [0.1, 0.15) is 0 Å². The van der Waals surface area contributed by atoms with E-state index in [9.17, 15) is 0 Å². The molecule has 0 radical (unpaired) electrons. The quantitative estimate of drug-likeness (QED) is 0.855. The van der Waals surface area contributed by atoms with Gasteiger partial charge in [0, 0.05) is 16.6 Å². The number of hydrogen-bond acceptors (Lipinski definition) is 1. The van der Waals surface area contributed by atoms with Crippen LogP contribution in [0.4, 0.5) is 0 Å². The SMILES string of the molecule is CC(NC1CC1)c1cccc(Br)c1. The molecule has 1 saturated carbocycles. The first kappa shape index (κ1) is 9.22. The fraction of sp³-hybridized carbons (Fsp3) is 0.455. The molecule has 1 aromatic rings. The van der Waals surface area contributed by atoms with Crippen LogP contribution in [0.5, 0.6) is 0 Å². The van der Waals surface area contributed by atoms with E-state index in [0.717, 1.165) is 10.5 Å². The predicted octanol–water partition coefficient (Wildman–Crippen LogP) is 3.26. The molecule has 1 N–H and O–H groups in total. The van der Waals surface area contributed by atoms with Gasteiger partial charge in [-0.1, -0.05) is 28.1 Å². The third kappa shape index (κ3) is 2.55. The second-order valence-corrected chi connectivity index (χ2v) is 4.63. The molecule has 1 unspecified atom stereocenters. The zero-order chi connectivity index (χ0) is 9.26. The number of hydrogen-bond donors (Lipinski definition) is 1. The summed E-state index contributed by atoms with van der Waals surface area (Å²) in [5, 5.41) is 3.58. The summed E-state index contributed by atoms with van der Waals surface area (Å²) in [6.45, 7) is 2.22. The predicted molar refractivity (Wildman–Crippen MR) is 58.7 cm³/mol. The highest BCUT2D eigenvalue weighted by Gasteiger charge is 2.23. The summed E-state index contributed by atoms with van der Waals surface area (Å²) in [6.07, 6.45) is 2.69. The van der Waals surface area contributed by atoms with E-state index in [4.69, 9.17) is 0 Å². The lowest BCUT2D eigenvalue weighted by molar-refractivity contribution is 0.571. The van der Waals surface area contributed by atoms with Gasteiger partial charge in [0.25, 0.3) is 0 Å². The second-order valence-electron chi connectivity index (χ2n) is 3.72. The van der Waals surface area contributed by atoms with E-state index in [1.807, 2.05) is 0 Å². The number of rotatable bonds is 3. The molecule has 1 atom stereocenters. The maximum absolute atomic E-state index is 3.58. The Morgan fingerprint density at radius 1 is 1.46 bits per heavy atom. The number of nitrogens with one attached hydrogen (secondary N) is 1. The Bertz CT molecular complexity index is 294. The molecular formula is C11H14BrN. The summed E-state index contributed by atoms with van der Waals surface area (Å²) in [5.41, 5.74) is 1.36. The van der Waals surface area contributed by atoms with Crippen molar-refractivity contribution in [2.75, 3.05) is 0 Å². The summed E-state index contributed by atoms with van der Waals surface area (Å²) >= 11 is 3.48. The minimum atomic E-state index is 0.477. The van der Waals surface area contributed by atoms with E-state index in [0.29, 0.717) is 6.04 Å². The number of benzene rings is 1. The Balaban J connectivity index is 2.04. The van der Waals surface area contributed by atoms with Gasteiger partial charge in [-0.15, -0.1) is 0 Å². The van der Waals surface area contributed by atoms with E-state index in [1.54, 1.807) is 0 Å². The molecule has 70 valence electrons. The molecule has 2 rings (SSSR count). The average Bonchev–Trinajstić information content (AvgIpc) is 2.88. The maximum Gasteiger partial charge on any atom is 0.0294 e. The molecule has 1 aliphatic carbocycles. The minimum absolute atomic E-state index is 0.477. The maximum atomic E-state index is 3.58. The Hall–Kier alpha value is -0.340. The van der Waals surface area contributed by atoms with E-state index in [-0.39, 0.29) is 0 Å². The van der Waals surface area contributed by atoms with E-state index >= 15 is 0 Å². The van der Waals surface area contributed by atoms with Crippen molar-refractivity contribution in [3.8, 4) is 0 Å². The van der Waals surface area contributed by atoms with Gasteiger partial charge in [-0.05, 0) is 37.5 Å². The van der Waals surface area contributed by atoms with Crippen LogP contribution in [-0.2, 0) is 0 Å². The molecule has 0 amide bonds. The zero-order valence-electron chi connectivity index (χ0n) is 7.76. The third-order valence-corrected chi connectivity index (χ3v) is 2.90. The lowest BCUT2D eigenvalue weighted by atomic mass is 10.1. The molecule has 0 saturated heterocycles. The summed E-state index contributed by atoms with van der Waals surface area (Å²) in [5.74, 6) is 0. The minimum Gasteiger partial charge on any atom is -0.307 e. The summed E-state index contributed by atoms with van der Waals surface area (Å²) in [6, 6.07) is 9.75. The third-order valence-electron chi connectivity index (χ3n) is 2.41. The molecule has 2 heteroatoms. The van der Waals surface area contributed by atoms with Crippen molar-refractivity contribution in [1.82, 2.24) is 5.32 Å². The summed E-state index contributed by atoms with van der Waals surface area (Å²) < 4.78 is 1.16. The molecule has 0 spiro atoms. The topological polar surface area (TPSA) is 12.0 Å². The van der Waals surface area contributed by atoms with Crippen LogP contribution in [-0.4, -0.2) is 6.04 Å². The smallest absolute Gasteiger partial charge is 0.0294 e. The van der Waals surface area contributed by atoms with Gasteiger partial charge < -0.3 is 5.32 Å². The van der Waals surface area contributed by atoms with E-state index in [1.165, 1.54) is 18.4 Å². The molecule has 0 aliphatic heterocycles. The van der Waals surface area contributed by atoms with Gasteiger partial charge in [0.15, 0.2) is 0 Å². The Morgan fingerprint density at radius 3 is 2.85 bits per heavy atom. The molecule has 1 aromatic carbocycles. The standard InChI is InChI=1S/C11H14BrN/c1-8(13-11-5-6-11)9-3-2-4-10(12)7-9/h2-4,7-8,11,13H,5-6H2,1H3. The van der Waals surface area contributed by atoms with Gasteiger partial charge in [-0.25, -0.2) is 0 Å². The van der Waals surface area contributed by atoms with Crippen LogP contribution >= 0.6 is 15.9 Å². The summed E-state index contributed by atoms with van der Waals surface area (Å²) in [4.78, 5) is 0. The van der Waals surface area contributed by atoms with Crippen LogP contribution in [0.3, 0.4) is 0 Å². The van der Waals surface area contributed by atoms with Crippen LogP contribution < -0.4 is 5.32 Å². The van der Waals surface area contributed by atoms with Crippen LogP contribution in [0, 0.1) is 0 Å². The van der Waals surface area contributed by atoms with Crippen LogP contribution in [0.25, 0.3) is 0 Å². The Morgan fingerprint density at radius 2 is 2.23 bits per heavy atom. The first-order chi connectivity index (χ1) is 6.25. The first-order valence-corrected chi connectivity index (χ1v) is 5.56. The fourth-order valence-corrected chi connectivity index (χ4v) is 1.89. The highest BCUT2D eigenvalue weighted by Crippen LogP contribution is 2.25. The summed E-state index contributed by atoms with van der Waals surface area (Å²) in [7, 11) is 0. The Kier molecular flexibility index (Phi) is 2.70. The van der Waals surface area contributed by atoms with Gasteiger partial charge in [0.05, 0.1) is 0 Å². The largest absolute Gasteiger partial charge is 0.307 e. The van der Waals surface area contributed by atoms with Crippen molar-refractivity contribution in [3.05, 3.63) is 34.3 Å². The van der Waals surface area contributed by atoms with Gasteiger partial charge >= 0.3 is 0 Å². The van der Waals surface area contributed by atoms with Crippen LogP contribution in [0.2, 0.25) is 0 Å². The molecule has 1 fully saturated rings. The zero-order valence-corrected chi connectivity index (χ0v) is 9.34. The van der Waals surface area contributed by atoms with Gasteiger partial charge in [0.2, 0.25) is 0 Å². The normalized spacial score (nSPS) is 18.6. The molecule has 1 nitrogen and oxygen atoms in total. The highest BCUT2D eigenvalue weighted by atomic mass is 79.9. The van der Waals surface area contributed by atoms with Crippen molar-refractivity contribution >= 4 is 15.9 Å². The molecule has 13 heavy (non-hydrogen) atoms. The molecule has 0 heterocycles. The molecule has 0 bridgehead atoms. The van der Waals surface area contributed by atoms with Gasteiger partial charge in [-0.2, -0.15) is 0 Å². The lowest BCUT2D eigenvalue weighted by Gasteiger charge is -2.13. The highest BCUT2D eigenvalue weighted by molar-refractivity contribution is 9.10. The monoisotopic (exact) mass is 239 g/mol. The first-order valence-electron chi connectivity index (χ1n) is 4.77. The van der Waals surface area contributed by atoms with Crippen LogP contribution in [0.1, 0.15) is 31.4 Å². The molecule has 0 aromatic heterocycles. The van der Waals surface area contributed by atoms with Crippen molar-refractivity contribution in [2.45, 2.75) is 31.8 Å². The Labute approximate surface area is 87.7 Å². The van der Waals surface area contributed by atoms with Crippen LogP contribution in [0.15, 0.2) is 28.7 Å². The fourth-order valence-electron chi connectivity index (χ4n) is 1.48. The van der Waals surface area contributed by atoms with Crippen molar-refractivity contribution in [3.63, 3.8) is 0 Å². The van der Waals surface area contributed by atoms with Crippen molar-refractivity contribution in [1.29, 1.82) is 0 Å². The van der Waals surface area contributed by atoms with E-state index in [2.05, 4.69) is 52.4 Å². The van der Waals surface area contributed by atoms with E-state index < -0.39 is 0 Å². The molecular weight excluding hydrogens is 226 g/mol. The number of halogens is 1. The van der Waals surface area contributed by atoms with Gasteiger partial charge in [-0.3, -0.25) is 0 Å². The average molecular weight is 240 g/mol. The lowest BCUT2D eigenvalue weighted by Crippen LogP contribution is -2.20. The van der Waals surface area contributed by atoms with Crippen molar-refractivity contribution < 1.29 is 0 Å². The molecule has 1 aliphatic rings.